The highest BCUT2D eigenvalue weighted by Gasteiger charge is 2.20. The summed E-state index contributed by atoms with van der Waals surface area (Å²) < 4.78 is 2.20. The average molecular weight is 339 g/mol. The number of nitrogens with zero attached hydrogens (tertiary/aromatic N) is 2. The molecule has 5 heteroatoms. The second-order valence-electron chi connectivity index (χ2n) is 5.18. The van der Waals surface area contributed by atoms with Gasteiger partial charge in [-0.1, -0.05) is 17.7 Å². The highest BCUT2D eigenvalue weighted by atomic mass is 35.5. The summed E-state index contributed by atoms with van der Waals surface area (Å²) in [6, 6.07) is 8.31. The van der Waals surface area contributed by atoms with Crippen LogP contribution < -0.4 is 0 Å². The molecule has 2 heterocycles. The molecule has 21 heavy (non-hydrogen) atoms. The number of para-hydroxylation sites is 1. The summed E-state index contributed by atoms with van der Waals surface area (Å²) in [6.45, 7) is 6.49. The number of fused-ring (bicyclic) bond motifs is 1. The molecule has 2 nitrogen and oxygen atoms in total. The van der Waals surface area contributed by atoms with Crippen molar-refractivity contribution in [3.63, 3.8) is 0 Å². The van der Waals surface area contributed by atoms with Gasteiger partial charge in [-0.05, 0) is 44.5 Å². The number of alkyl halides is 1. The molecule has 3 rings (SSSR count). The lowest BCUT2D eigenvalue weighted by molar-refractivity contribution is 0.633. The number of thiophene rings is 1. The average Bonchev–Trinajstić information content (AvgIpc) is 2.99. The first-order valence-corrected chi connectivity index (χ1v) is 8.54. The van der Waals surface area contributed by atoms with E-state index in [4.69, 9.17) is 23.2 Å². The van der Waals surface area contributed by atoms with E-state index in [1.54, 1.807) is 0 Å². The number of hydrogen-bond acceptors (Lipinski definition) is 2. The van der Waals surface area contributed by atoms with E-state index in [2.05, 4.69) is 42.5 Å². The second kappa shape index (κ2) is 5.64. The van der Waals surface area contributed by atoms with Crippen molar-refractivity contribution in [2.75, 3.05) is 0 Å². The number of aromatic nitrogens is 2. The summed E-state index contributed by atoms with van der Waals surface area (Å²) in [6.07, 6.45) is 0. The number of imidazole rings is 1. The number of rotatable bonds is 3. The van der Waals surface area contributed by atoms with Crippen LogP contribution in [0.15, 0.2) is 24.3 Å². The quantitative estimate of drug-likeness (QED) is 0.558. The van der Waals surface area contributed by atoms with Crippen molar-refractivity contribution in [1.29, 1.82) is 0 Å². The van der Waals surface area contributed by atoms with Crippen LogP contribution in [0.4, 0.5) is 0 Å². The van der Waals surface area contributed by atoms with Gasteiger partial charge in [0.15, 0.2) is 0 Å². The fraction of sp³-hybridized carbons (Fsp3) is 0.312. The number of aryl methyl sites for hydroxylation is 2. The number of hydrogen-bond donors (Lipinski definition) is 0. The molecule has 2 aromatic heterocycles. The summed E-state index contributed by atoms with van der Waals surface area (Å²) in [4.78, 5) is 7.28. The molecule has 0 fully saturated rings. The molecule has 110 valence electrons. The molecule has 0 saturated carbocycles. The van der Waals surface area contributed by atoms with Crippen LogP contribution in [0, 0.1) is 13.8 Å². The Morgan fingerprint density at radius 1 is 1.33 bits per heavy atom. The van der Waals surface area contributed by atoms with Gasteiger partial charge in [0.25, 0.3) is 0 Å². The molecule has 0 saturated heterocycles. The standard InChI is InChI=1S/C16H16Cl2N2S/c1-9-7-12(11(3)21-9)10(2)20-14-6-4-5-13(18)16(14)19-15(20)8-17/h4-7,10H,8H2,1-3H3. The molecule has 3 aromatic rings. The van der Waals surface area contributed by atoms with Crippen LogP contribution in [0.1, 0.15) is 34.1 Å². The third-order valence-electron chi connectivity index (χ3n) is 3.78. The molecule has 0 N–H and O–H groups in total. The second-order valence-corrected chi connectivity index (χ2v) is 7.32. The van der Waals surface area contributed by atoms with E-state index in [0.717, 1.165) is 16.9 Å². The number of halogens is 2. The van der Waals surface area contributed by atoms with Gasteiger partial charge >= 0.3 is 0 Å². The van der Waals surface area contributed by atoms with Crippen LogP contribution >= 0.6 is 34.5 Å². The largest absolute Gasteiger partial charge is 0.320 e. The Kier molecular flexibility index (Phi) is 4.00. The Balaban J connectivity index is 2.23. The molecule has 0 aliphatic heterocycles. The van der Waals surface area contributed by atoms with Gasteiger partial charge in [0, 0.05) is 9.75 Å². The van der Waals surface area contributed by atoms with Crippen molar-refractivity contribution in [2.45, 2.75) is 32.7 Å². The predicted octanol–water partition coefficient (Wildman–Crippen LogP) is 5.72. The maximum absolute atomic E-state index is 6.27. The molecule has 0 spiro atoms. The van der Waals surface area contributed by atoms with E-state index in [1.807, 2.05) is 23.5 Å². The third-order valence-corrected chi connectivity index (χ3v) is 5.31. The Hall–Kier alpha value is -1.03. The molecular formula is C16H16Cl2N2S. The highest BCUT2D eigenvalue weighted by Crippen LogP contribution is 2.34. The van der Waals surface area contributed by atoms with E-state index in [1.165, 1.54) is 15.3 Å². The van der Waals surface area contributed by atoms with Gasteiger partial charge in [0.1, 0.15) is 11.3 Å². The monoisotopic (exact) mass is 338 g/mol. The Labute approximate surface area is 138 Å². The van der Waals surface area contributed by atoms with Crippen molar-refractivity contribution < 1.29 is 0 Å². The summed E-state index contributed by atoms with van der Waals surface area (Å²) >= 11 is 14.2. The van der Waals surface area contributed by atoms with Gasteiger partial charge in [-0.3, -0.25) is 0 Å². The zero-order valence-electron chi connectivity index (χ0n) is 12.2. The zero-order chi connectivity index (χ0) is 15.1. The maximum atomic E-state index is 6.27. The summed E-state index contributed by atoms with van der Waals surface area (Å²) in [7, 11) is 0. The van der Waals surface area contributed by atoms with Crippen LogP contribution in [-0.4, -0.2) is 9.55 Å². The highest BCUT2D eigenvalue weighted by molar-refractivity contribution is 7.12. The zero-order valence-corrected chi connectivity index (χ0v) is 14.5. The van der Waals surface area contributed by atoms with Crippen molar-refractivity contribution >= 4 is 45.6 Å². The lowest BCUT2D eigenvalue weighted by Crippen LogP contribution is -2.10. The molecular weight excluding hydrogens is 323 g/mol. The molecule has 0 radical (unpaired) electrons. The molecule has 0 amide bonds. The van der Waals surface area contributed by atoms with Crippen LogP contribution in [0.2, 0.25) is 5.02 Å². The van der Waals surface area contributed by atoms with Crippen LogP contribution in [0.3, 0.4) is 0 Å². The third kappa shape index (κ3) is 2.48. The van der Waals surface area contributed by atoms with Crippen LogP contribution in [-0.2, 0) is 5.88 Å². The summed E-state index contributed by atoms with van der Waals surface area (Å²) in [5.74, 6) is 1.23. The first-order valence-electron chi connectivity index (χ1n) is 6.81. The molecule has 0 bridgehead atoms. The van der Waals surface area contributed by atoms with E-state index in [-0.39, 0.29) is 6.04 Å². The smallest absolute Gasteiger partial charge is 0.125 e. The van der Waals surface area contributed by atoms with Gasteiger partial charge in [-0.2, -0.15) is 0 Å². The topological polar surface area (TPSA) is 17.8 Å². The molecule has 1 atom stereocenters. The summed E-state index contributed by atoms with van der Waals surface area (Å²) in [5.41, 5.74) is 3.18. The first-order chi connectivity index (χ1) is 10.0. The summed E-state index contributed by atoms with van der Waals surface area (Å²) in [5, 5.41) is 0.669. The fourth-order valence-corrected chi connectivity index (χ4v) is 4.28. The fourth-order valence-electron chi connectivity index (χ4n) is 2.86. The van der Waals surface area contributed by atoms with E-state index in [0.29, 0.717) is 10.9 Å². The van der Waals surface area contributed by atoms with Crippen molar-refractivity contribution in [3.05, 3.63) is 50.4 Å². The molecule has 0 aliphatic carbocycles. The van der Waals surface area contributed by atoms with Crippen molar-refractivity contribution in [3.8, 4) is 0 Å². The van der Waals surface area contributed by atoms with Gasteiger partial charge < -0.3 is 4.57 Å². The Morgan fingerprint density at radius 2 is 2.10 bits per heavy atom. The minimum absolute atomic E-state index is 0.187. The maximum Gasteiger partial charge on any atom is 0.125 e. The SMILES string of the molecule is Cc1cc(C(C)n2c(CCl)nc3c(Cl)cccc32)c(C)s1. The first kappa shape index (κ1) is 14.9. The molecule has 0 aliphatic rings. The van der Waals surface area contributed by atoms with Gasteiger partial charge in [0.05, 0.1) is 22.5 Å². The minimum Gasteiger partial charge on any atom is -0.320 e. The van der Waals surface area contributed by atoms with Gasteiger partial charge in [-0.25, -0.2) is 4.98 Å². The normalized spacial score (nSPS) is 13.0. The Morgan fingerprint density at radius 3 is 2.71 bits per heavy atom. The molecule has 1 unspecified atom stereocenters. The van der Waals surface area contributed by atoms with E-state index < -0.39 is 0 Å². The Bertz CT molecular complexity index is 804. The van der Waals surface area contributed by atoms with Gasteiger partial charge in [-0.15, -0.1) is 22.9 Å². The van der Waals surface area contributed by atoms with Crippen LogP contribution in [0.5, 0.6) is 0 Å². The van der Waals surface area contributed by atoms with E-state index >= 15 is 0 Å². The van der Waals surface area contributed by atoms with Crippen molar-refractivity contribution in [1.82, 2.24) is 9.55 Å². The predicted molar refractivity (Wildman–Crippen MR) is 91.9 cm³/mol. The van der Waals surface area contributed by atoms with Gasteiger partial charge in [0.2, 0.25) is 0 Å². The number of benzene rings is 1. The van der Waals surface area contributed by atoms with Crippen LogP contribution in [0.25, 0.3) is 11.0 Å². The van der Waals surface area contributed by atoms with E-state index in [9.17, 15) is 0 Å². The molecule has 1 aromatic carbocycles. The van der Waals surface area contributed by atoms with Crippen molar-refractivity contribution in [2.24, 2.45) is 0 Å². The lowest BCUT2D eigenvalue weighted by atomic mass is 10.1. The lowest BCUT2D eigenvalue weighted by Gasteiger charge is -2.17. The minimum atomic E-state index is 0.187.